The lowest BCUT2D eigenvalue weighted by molar-refractivity contribution is 0.397. The number of hydrogen-bond donors (Lipinski definition) is 2. The molecular formula is C10H16N2S. The van der Waals surface area contributed by atoms with Gasteiger partial charge in [-0.1, -0.05) is 6.07 Å². The fourth-order valence-corrected chi connectivity index (χ4v) is 2.75. The summed E-state index contributed by atoms with van der Waals surface area (Å²) in [5.74, 6) is 0. The molecule has 3 heteroatoms. The Kier molecular flexibility index (Phi) is 2.41. The molecule has 1 unspecified atom stereocenters. The molecule has 0 bridgehead atoms. The molecule has 0 aromatic carbocycles. The lowest BCUT2D eigenvalue weighted by Gasteiger charge is -2.21. The molecule has 3 N–H and O–H groups in total. The summed E-state index contributed by atoms with van der Waals surface area (Å²) in [6.45, 7) is 1.05. The van der Waals surface area contributed by atoms with Gasteiger partial charge in [-0.05, 0) is 31.3 Å². The van der Waals surface area contributed by atoms with E-state index in [1.807, 2.05) is 7.05 Å². The highest BCUT2D eigenvalue weighted by atomic mass is 32.1. The van der Waals surface area contributed by atoms with Gasteiger partial charge in [-0.3, -0.25) is 0 Å². The van der Waals surface area contributed by atoms with Gasteiger partial charge < -0.3 is 11.1 Å². The monoisotopic (exact) mass is 196 g/mol. The van der Waals surface area contributed by atoms with Crippen LogP contribution in [-0.2, 0) is 0 Å². The zero-order chi connectivity index (χ0) is 9.31. The van der Waals surface area contributed by atoms with Crippen molar-refractivity contribution < 1.29 is 0 Å². The maximum Gasteiger partial charge on any atom is 0.0459 e. The van der Waals surface area contributed by atoms with Crippen LogP contribution in [0.4, 0.5) is 0 Å². The minimum absolute atomic E-state index is 0.236. The smallest absolute Gasteiger partial charge is 0.0459 e. The molecule has 1 aromatic heterocycles. The summed E-state index contributed by atoms with van der Waals surface area (Å²) in [5, 5.41) is 5.34. The molecule has 1 aliphatic carbocycles. The van der Waals surface area contributed by atoms with Crippen molar-refractivity contribution in [2.75, 3.05) is 13.6 Å². The Labute approximate surface area is 83.1 Å². The van der Waals surface area contributed by atoms with Gasteiger partial charge in [-0.15, -0.1) is 11.3 Å². The maximum atomic E-state index is 6.24. The van der Waals surface area contributed by atoms with Crippen LogP contribution in [0.3, 0.4) is 0 Å². The van der Waals surface area contributed by atoms with Crippen molar-refractivity contribution in [1.82, 2.24) is 5.32 Å². The average molecular weight is 196 g/mol. The maximum absolute atomic E-state index is 6.24. The Morgan fingerprint density at radius 3 is 2.92 bits per heavy atom. The molecule has 1 saturated carbocycles. The van der Waals surface area contributed by atoms with E-state index in [-0.39, 0.29) is 6.04 Å². The number of rotatable bonds is 4. The van der Waals surface area contributed by atoms with Gasteiger partial charge in [0.2, 0.25) is 0 Å². The predicted octanol–water partition coefficient (Wildman–Crippen LogP) is 1.75. The number of thiophene rings is 1. The van der Waals surface area contributed by atoms with Gasteiger partial charge in [0.05, 0.1) is 0 Å². The highest BCUT2D eigenvalue weighted by Gasteiger charge is 2.47. The van der Waals surface area contributed by atoms with E-state index in [9.17, 15) is 0 Å². The molecule has 2 rings (SSSR count). The van der Waals surface area contributed by atoms with E-state index >= 15 is 0 Å². The van der Waals surface area contributed by atoms with Crippen LogP contribution in [-0.4, -0.2) is 13.6 Å². The third-order valence-electron chi connectivity index (χ3n) is 2.93. The van der Waals surface area contributed by atoms with Crippen LogP contribution in [0.1, 0.15) is 23.8 Å². The summed E-state index contributed by atoms with van der Waals surface area (Å²) in [6.07, 6.45) is 2.54. The molecule has 0 radical (unpaired) electrons. The predicted molar refractivity (Wildman–Crippen MR) is 56.8 cm³/mol. The molecular weight excluding hydrogens is 180 g/mol. The minimum Gasteiger partial charge on any atom is -0.323 e. The highest BCUT2D eigenvalue weighted by molar-refractivity contribution is 7.10. The van der Waals surface area contributed by atoms with Crippen molar-refractivity contribution >= 4 is 11.3 Å². The molecule has 0 amide bonds. The van der Waals surface area contributed by atoms with E-state index in [0.29, 0.717) is 5.41 Å². The van der Waals surface area contributed by atoms with Crippen molar-refractivity contribution in [3.63, 3.8) is 0 Å². The average Bonchev–Trinajstić information content (AvgIpc) is 2.72. The summed E-state index contributed by atoms with van der Waals surface area (Å²) in [5.41, 5.74) is 6.60. The summed E-state index contributed by atoms with van der Waals surface area (Å²) < 4.78 is 0. The van der Waals surface area contributed by atoms with Crippen LogP contribution >= 0.6 is 11.3 Å². The van der Waals surface area contributed by atoms with Gasteiger partial charge in [0.15, 0.2) is 0 Å². The molecule has 72 valence electrons. The highest BCUT2D eigenvalue weighted by Crippen LogP contribution is 2.53. The van der Waals surface area contributed by atoms with Crippen LogP contribution in [0.5, 0.6) is 0 Å². The van der Waals surface area contributed by atoms with Gasteiger partial charge in [-0.2, -0.15) is 0 Å². The van der Waals surface area contributed by atoms with E-state index < -0.39 is 0 Å². The molecule has 1 aliphatic rings. The van der Waals surface area contributed by atoms with Gasteiger partial charge in [0, 0.05) is 22.9 Å². The Morgan fingerprint density at radius 2 is 2.46 bits per heavy atom. The first kappa shape index (κ1) is 9.19. The van der Waals surface area contributed by atoms with Crippen LogP contribution in [0.25, 0.3) is 0 Å². The Morgan fingerprint density at radius 1 is 1.69 bits per heavy atom. The quantitative estimate of drug-likeness (QED) is 0.770. The first-order valence-electron chi connectivity index (χ1n) is 4.72. The first-order chi connectivity index (χ1) is 6.28. The summed E-state index contributed by atoms with van der Waals surface area (Å²) in [4.78, 5) is 1.33. The van der Waals surface area contributed by atoms with Crippen molar-refractivity contribution in [2.24, 2.45) is 11.1 Å². The normalized spacial score (nSPS) is 21.4. The SMILES string of the molecule is CNCC1(C(N)c2cccs2)CC1. The molecule has 13 heavy (non-hydrogen) atoms. The topological polar surface area (TPSA) is 38.0 Å². The molecule has 1 aromatic rings. The molecule has 1 fully saturated rings. The van der Waals surface area contributed by atoms with Crippen molar-refractivity contribution in [3.8, 4) is 0 Å². The minimum atomic E-state index is 0.236. The zero-order valence-electron chi connectivity index (χ0n) is 7.92. The van der Waals surface area contributed by atoms with Gasteiger partial charge in [0.1, 0.15) is 0 Å². The van der Waals surface area contributed by atoms with E-state index in [1.165, 1.54) is 17.7 Å². The fourth-order valence-electron chi connectivity index (χ4n) is 1.88. The van der Waals surface area contributed by atoms with Gasteiger partial charge in [0.25, 0.3) is 0 Å². The molecule has 1 atom stereocenters. The third-order valence-corrected chi connectivity index (χ3v) is 3.89. The van der Waals surface area contributed by atoms with Crippen molar-refractivity contribution in [2.45, 2.75) is 18.9 Å². The summed E-state index contributed by atoms with van der Waals surface area (Å²) >= 11 is 1.77. The lowest BCUT2D eigenvalue weighted by atomic mass is 9.96. The third kappa shape index (κ3) is 1.64. The van der Waals surface area contributed by atoms with E-state index in [0.717, 1.165) is 6.54 Å². The van der Waals surface area contributed by atoms with Crippen LogP contribution in [0, 0.1) is 5.41 Å². The lowest BCUT2D eigenvalue weighted by Crippen LogP contribution is -2.30. The molecule has 1 heterocycles. The fraction of sp³-hybridized carbons (Fsp3) is 0.600. The summed E-state index contributed by atoms with van der Waals surface area (Å²) in [7, 11) is 2.00. The first-order valence-corrected chi connectivity index (χ1v) is 5.60. The van der Waals surface area contributed by atoms with Crippen molar-refractivity contribution in [3.05, 3.63) is 22.4 Å². The van der Waals surface area contributed by atoms with E-state index in [2.05, 4.69) is 22.8 Å². The number of hydrogen-bond acceptors (Lipinski definition) is 3. The Bertz CT molecular complexity index is 264. The van der Waals surface area contributed by atoms with Crippen LogP contribution in [0.15, 0.2) is 17.5 Å². The Hall–Kier alpha value is -0.380. The van der Waals surface area contributed by atoms with E-state index in [1.54, 1.807) is 11.3 Å². The van der Waals surface area contributed by atoms with Crippen LogP contribution in [0.2, 0.25) is 0 Å². The second-order valence-corrected chi connectivity index (χ2v) is 4.87. The number of nitrogens with two attached hydrogens (primary N) is 1. The Balaban J connectivity index is 2.09. The summed E-state index contributed by atoms with van der Waals surface area (Å²) in [6, 6.07) is 4.46. The molecule has 2 nitrogen and oxygen atoms in total. The molecule has 0 aliphatic heterocycles. The second kappa shape index (κ2) is 3.40. The number of nitrogens with one attached hydrogen (secondary N) is 1. The molecule has 0 spiro atoms. The van der Waals surface area contributed by atoms with Crippen LogP contribution < -0.4 is 11.1 Å². The van der Waals surface area contributed by atoms with Gasteiger partial charge in [-0.25, -0.2) is 0 Å². The molecule has 0 saturated heterocycles. The second-order valence-electron chi connectivity index (χ2n) is 3.89. The van der Waals surface area contributed by atoms with Gasteiger partial charge >= 0.3 is 0 Å². The van der Waals surface area contributed by atoms with Crippen molar-refractivity contribution in [1.29, 1.82) is 0 Å². The zero-order valence-corrected chi connectivity index (χ0v) is 8.73. The standard InChI is InChI=1S/C10H16N2S/c1-12-7-10(4-5-10)9(11)8-3-2-6-13-8/h2-3,6,9,12H,4-5,7,11H2,1H3. The van der Waals surface area contributed by atoms with E-state index in [4.69, 9.17) is 5.73 Å². The largest absolute Gasteiger partial charge is 0.323 e.